The zero-order valence-electron chi connectivity index (χ0n) is 17.3. The van der Waals surface area contributed by atoms with Gasteiger partial charge < -0.3 is 25.4 Å². The molecule has 3 N–H and O–H groups in total. The van der Waals surface area contributed by atoms with Crippen LogP contribution >= 0.6 is 0 Å². The van der Waals surface area contributed by atoms with E-state index in [4.69, 9.17) is 9.47 Å². The summed E-state index contributed by atoms with van der Waals surface area (Å²) in [7, 11) is 3.42. The number of aliphatic imine (C=N–C) groups is 1. The van der Waals surface area contributed by atoms with Gasteiger partial charge in [0.2, 0.25) is 0 Å². The fourth-order valence-corrected chi connectivity index (χ4v) is 2.77. The van der Waals surface area contributed by atoms with E-state index < -0.39 is 0 Å². The predicted molar refractivity (Wildman–Crippen MR) is 116 cm³/mol. The number of methoxy groups -OCH3 is 1. The fourth-order valence-electron chi connectivity index (χ4n) is 2.77. The Balaban J connectivity index is 1.80. The molecule has 7 nitrogen and oxygen atoms in total. The maximum Gasteiger partial charge on any atom is 0.257 e. The smallest absolute Gasteiger partial charge is 0.257 e. The minimum Gasteiger partial charge on any atom is -0.496 e. The second kappa shape index (κ2) is 12.3. The van der Waals surface area contributed by atoms with Gasteiger partial charge in [0.1, 0.15) is 11.5 Å². The number of hydrogen-bond donors (Lipinski definition) is 3. The highest BCUT2D eigenvalue weighted by Gasteiger charge is 2.05. The molecule has 0 saturated heterocycles. The molecule has 0 radical (unpaired) electrons. The molecule has 156 valence electrons. The topological polar surface area (TPSA) is 84.0 Å². The number of para-hydroxylation sites is 1. The molecule has 0 heterocycles. The number of likely N-dealkylation sites (N-methyl/N-ethyl adjacent to an activating group) is 1. The first kappa shape index (κ1) is 22.1. The standard InChI is InChI=1S/C22H30N4O3/c1-4-24-21(27)16-29-19-10-7-8-17(14-19)15-26-22(23-2)25-13-12-18-9-5-6-11-20(18)28-3/h5-11,14H,4,12-13,15-16H2,1-3H3,(H,24,27)(H2,23,25,26). The minimum absolute atomic E-state index is 0.0108. The van der Waals surface area contributed by atoms with E-state index in [9.17, 15) is 4.79 Å². The van der Waals surface area contributed by atoms with Gasteiger partial charge in [-0.25, -0.2) is 0 Å². The van der Waals surface area contributed by atoms with Crippen LogP contribution in [-0.4, -0.2) is 45.7 Å². The predicted octanol–water partition coefficient (Wildman–Crippen LogP) is 2.12. The normalized spacial score (nSPS) is 10.9. The Hall–Kier alpha value is -3.22. The molecule has 0 aromatic heterocycles. The van der Waals surface area contributed by atoms with Crippen molar-refractivity contribution >= 4 is 11.9 Å². The van der Waals surface area contributed by atoms with Crippen LogP contribution in [0.1, 0.15) is 18.1 Å². The molecule has 0 aliphatic carbocycles. The van der Waals surface area contributed by atoms with Crippen molar-refractivity contribution in [2.75, 3.05) is 33.9 Å². The number of guanidine groups is 1. The van der Waals surface area contributed by atoms with Gasteiger partial charge in [0.15, 0.2) is 12.6 Å². The number of carbonyl (C=O) groups excluding carboxylic acids is 1. The fraction of sp³-hybridized carbons (Fsp3) is 0.364. The van der Waals surface area contributed by atoms with Crippen LogP contribution in [0.4, 0.5) is 0 Å². The molecule has 0 unspecified atom stereocenters. The maximum absolute atomic E-state index is 11.5. The lowest BCUT2D eigenvalue weighted by atomic mass is 10.1. The van der Waals surface area contributed by atoms with Gasteiger partial charge in [0.25, 0.3) is 5.91 Å². The zero-order chi connectivity index (χ0) is 20.9. The summed E-state index contributed by atoms with van der Waals surface area (Å²) < 4.78 is 10.9. The molecule has 0 saturated carbocycles. The molecule has 7 heteroatoms. The van der Waals surface area contributed by atoms with Gasteiger partial charge in [-0.3, -0.25) is 9.79 Å². The van der Waals surface area contributed by atoms with E-state index >= 15 is 0 Å². The van der Waals surface area contributed by atoms with Crippen LogP contribution in [-0.2, 0) is 17.8 Å². The lowest BCUT2D eigenvalue weighted by Crippen LogP contribution is -2.37. The average molecular weight is 399 g/mol. The van der Waals surface area contributed by atoms with Crippen molar-refractivity contribution in [3.63, 3.8) is 0 Å². The van der Waals surface area contributed by atoms with E-state index in [1.54, 1.807) is 14.2 Å². The molecule has 0 aliphatic rings. The first-order chi connectivity index (χ1) is 14.2. The van der Waals surface area contributed by atoms with Crippen LogP contribution in [0.25, 0.3) is 0 Å². The number of ether oxygens (including phenoxy) is 2. The van der Waals surface area contributed by atoms with Crippen molar-refractivity contribution in [1.29, 1.82) is 0 Å². The van der Waals surface area contributed by atoms with Crippen LogP contribution < -0.4 is 25.4 Å². The molecule has 0 spiro atoms. The monoisotopic (exact) mass is 398 g/mol. The van der Waals surface area contributed by atoms with Crippen LogP contribution in [0.2, 0.25) is 0 Å². The van der Waals surface area contributed by atoms with Gasteiger partial charge in [-0.15, -0.1) is 0 Å². The van der Waals surface area contributed by atoms with Crippen LogP contribution in [0.3, 0.4) is 0 Å². The molecule has 0 fully saturated rings. The SMILES string of the molecule is CCNC(=O)COc1cccc(CNC(=NC)NCCc2ccccc2OC)c1. The third-order valence-electron chi connectivity index (χ3n) is 4.21. The third kappa shape index (κ3) is 7.73. The largest absolute Gasteiger partial charge is 0.496 e. The summed E-state index contributed by atoms with van der Waals surface area (Å²) in [4.78, 5) is 15.8. The quantitative estimate of drug-likeness (QED) is 0.422. The highest BCUT2D eigenvalue weighted by molar-refractivity contribution is 5.79. The Morgan fingerprint density at radius 2 is 1.90 bits per heavy atom. The van der Waals surface area contributed by atoms with Gasteiger partial charge in [0, 0.05) is 26.7 Å². The molecule has 2 rings (SSSR count). The highest BCUT2D eigenvalue weighted by atomic mass is 16.5. The number of rotatable bonds is 10. The van der Waals surface area contributed by atoms with Crippen molar-refractivity contribution in [3.8, 4) is 11.5 Å². The van der Waals surface area contributed by atoms with Gasteiger partial charge in [0.05, 0.1) is 7.11 Å². The van der Waals surface area contributed by atoms with Crippen molar-refractivity contribution in [1.82, 2.24) is 16.0 Å². The Labute approximate surface area is 172 Å². The van der Waals surface area contributed by atoms with Crippen molar-refractivity contribution < 1.29 is 14.3 Å². The summed E-state index contributed by atoms with van der Waals surface area (Å²) in [5.74, 6) is 2.14. The van der Waals surface area contributed by atoms with E-state index in [0.29, 0.717) is 24.8 Å². The van der Waals surface area contributed by atoms with Gasteiger partial charge in [-0.1, -0.05) is 30.3 Å². The molecular weight excluding hydrogens is 368 g/mol. The summed E-state index contributed by atoms with van der Waals surface area (Å²) in [5, 5.41) is 9.30. The molecule has 2 aromatic rings. The first-order valence-corrected chi connectivity index (χ1v) is 9.71. The molecule has 2 aromatic carbocycles. The van der Waals surface area contributed by atoms with Crippen molar-refractivity contribution in [2.24, 2.45) is 4.99 Å². The summed E-state index contributed by atoms with van der Waals surface area (Å²) >= 11 is 0. The van der Waals surface area contributed by atoms with E-state index in [2.05, 4.69) is 27.0 Å². The molecule has 0 atom stereocenters. The molecule has 29 heavy (non-hydrogen) atoms. The second-order valence-electron chi connectivity index (χ2n) is 6.30. The molecular formula is C22H30N4O3. The maximum atomic E-state index is 11.5. The van der Waals surface area contributed by atoms with Crippen molar-refractivity contribution in [2.45, 2.75) is 19.9 Å². The number of nitrogens with zero attached hydrogens (tertiary/aromatic N) is 1. The molecule has 0 aliphatic heterocycles. The third-order valence-corrected chi connectivity index (χ3v) is 4.21. The molecule has 0 bridgehead atoms. The van der Waals surface area contributed by atoms with Gasteiger partial charge in [-0.05, 0) is 42.7 Å². The Bertz CT molecular complexity index is 808. The molecule has 1 amide bonds. The van der Waals surface area contributed by atoms with E-state index in [1.807, 2.05) is 49.4 Å². The number of amides is 1. The summed E-state index contributed by atoms with van der Waals surface area (Å²) in [6.45, 7) is 3.80. The summed E-state index contributed by atoms with van der Waals surface area (Å²) in [6, 6.07) is 15.6. The Kier molecular flexibility index (Phi) is 9.35. The van der Waals surface area contributed by atoms with Crippen molar-refractivity contribution in [3.05, 3.63) is 59.7 Å². The van der Waals surface area contributed by atoms with Gasteiger partial charge in [-0.2, -0.15) is 0 Å². The summed E-state index contributed by atoms with van der Waals surface area (Å²) in [6.07, 6.45) is 0.827. The summed E-state index contributed by atoms with van der Waals surface area (Å²) in [5.41, 5.74) is 2.18. The highest BCUT2D eigenvalue weighted by Crippen LogP contribution is 2.17. The number of carbonyl (C=O) groups is 1. The lowest BCUT2D eigenvalue weighted by molar-refractivity contribution is -0.122. The number of nitrogens with one attached hydrogen (secondary N) is 3. The Morgan fingerprint density at radius 1 is 1.07 bits per heavy atom. The Morgan fingerprint density at radius 3 is 2.66 bits per heavy atom. The van der Waals surface area contributed by atoms with Crippen LogP contribution in [0.5, 0.6) is 11.5 Å². The lowest BCUT2D eigenvalue weighted by Gasteiger charge is -2.14. The average Bonchev–Trinajstić information content (AvgIpc) is 2.75. The minimum atomic E-state index is -0.129. The van der Waals surface area contributed by atoms with Crippen LogP contribution in [0.15, 0.2) is 53.5 Å². The number of hydrogen-bond acceptors (Lipinski definition) is 4. The zero-order valence-corrected chi connectivity index (χ0v) is 17.3. The van der Waals surface area contributed by atoms with Gasteiger partial charge >= 0.3 is 0 Å². The van der Waals surface area contributed by atoms with E-state index in [0.717, 1.165) is 29.8 Å². The van der Waals surface area contributed by atoms with E-state index in [1.165, 1.54) is 0 Å². The first-order valence-electron chi connectivity index (χ1n) is 9.71. The second-order valence-corrected chi connectivity index (χ2v) is 6.30. The van der Waals surface area contributed by atoms with Crippen LogP contribution in [0, 0.1) is 0 Å². The number of benzene rings is 2. The van der Waals surface area contributed by atoms with E-state index in [-0.39, 0.29) is 12.5 Å².